The normalized spacial score (nSPS) is 15.9. The Labute approximate surface area is 178 Å². The largest absolute Gasteiger partial charge is 0.488 e. The Bertz CT molecular complexity index is 1140. The number of benzene rings is 2. The van der Waals surface area contributed by atoms with Gasteiger partial charge in [0.2, 0.25) is 0 Å². The summed E-state index contributed by atoms with van der Waals surface area (Å²) in [6, 6.07) is 9.49. The molecule has 29 heavy (non-hydrogen) atoms. The average Bonchev–Trinajstić information content (AvgIpc) is 2.70. The maximum atomic E-state index is 11.9. The average molecular weight is 431 g/mol. The van der Waals surface area contributed by atoms with Crippen molar-refractivity contribution in [1.29, 1.82) is 0 Å². The molecule has 0 radical (unpaired) electrons. The molecule has 0 bridgehead atoms. The van der Waals surface area contributed by atoms with Crippen LogP contribution in [0.15, 0.2) is 39.9 Å². The Hall–Kier alpha value is -2.34. The number of hydrogen-bond donors (Lipinski definition) is 2. The molecule has 0 saturated heterocycles. The van der Waals surface area contributed by atoms with Crippen molar-refractivity contribution in [2.45, 2.75) is 26.3 Å². The zero-order valence-electron chi connectivity index (χ0n) is 16.1. The van der Waals surface area contributed by atoms with Gasteiger partial charge in [0.05, 0.1) is 12.6 Å². The SMILES string of the molecule is CCOc1c(Nc2cc(C)c(C3NCCc4cccc(Cl)c43)c(Cl)c2)c(=O)c1=O. The number of nitrogens with one attached hydrogen (secondary N) is 2. The van der Waals surface area contributed by atoms with Gasteiger partial charge < -0.3 is 15.4 Å². The molecule has 0 aliphatic carbocycles. The molecule has 150 valence electrons. The number of rotatable bonds is 5. The van der Waals surface area contributed by atoms with Crippen molar-refractivity contribution in [2.75, 3.05) is 18.5 Å². The quantitative estimate of drug-likeness (QED) is 0.591. The van der Waals surface area contributed by atoms with Crippen LogP contribution in [-0.4, -0.2) is 13.2 Å². The van der Waals surface area contributed by atoms with Crippen molar-refractivity contribution in [3.8, 4) is 5.75 Å². The van der Waals surface area contributed by atoms with Crippen molar-refractivity contribution in [1.82, 2.24) is 5.32 Å². The first-order valence-electron chi connectivity index (χ1n) is 9.46. The molecular weight excluding hydrogens is 411 g/mol. The highest BCUT2D eigenvalue weighted by Crippen LogP contribution is 2.40. The minimum Gasteiger partial charge on any atom is -0.488 e. The third-order valence-electron chi connectivity index (χ3n) is 5.22. The van der Waals surface area contributed by atoms with Crippen LogP contribution in [0.4, 0.5) is 11.4 Å². The van der Waals surface area contributed by atoms with E-state index in [1.54, 1.807) is 13.0 Å². The number of aryl methyl sites for hydroxylation is 1. The summed E-state index contributed by atoms with van der Waals surface area (Å²) in [6.07, 6.45) is 0.910. The molecule has 1 atom stereocenters. The van der Waals surface area contributed by atoms with Crippen LogP contribution < -0.4 is 26.2 Å². The van der Waals surface area contributed by atoms with E-state index in [4.69, 9.17) is 27.9 Å². The van der Waals surface area contributed by atoms with Crippen LogP contribution >= 0.6 is 23.2 Å². The Morgan fingerprint density at radius 3 is 2.66 bits per heavy atom. The molecule has 1 aliphatic heterocycles. The summed E-state index contributed by atoms with van der Waals surface area (Å²) < 4.78 is 5.27. The van der Waals surface area contributed by atoms with E-state index >= 15 is 0 Å². The van der Waals surface area contributed by atoms with E-state index in [1.165, 1.54) is 5.56 Å². The Kier molecular flexibility index (Phi) is 5.38. The molecule has 0 amide bonds. The lowest BCUT2D eigenvalue weighted by molar-refractivity contribution is 0.335. The van der Waals surface area contributed by atoms with Gasteiger partial charge in [-0.2, -0.15) is 0 Å². The zero-order chi connectivity index (χ0) is 20.7. The van der Waals surface area contributed by atoms with Gasteiger partial charge in [-0.1, -0.05) is 35.3 Å². The summed E-state index contributed by atoms with van der Waals surface area (Å²) >= 11 is 13.2. The fraction of sp³-hybridized carbons (Fsp3) is 0.273. The van der Waals surface area contributed by atoms with E-state index in [-0.39, 0.29) is 17.5 Å². The van der Waals surface area contributed by atoms with Crippen LogP contribution in [0.2, 0.25) is 10.0 Å². The fourth-order valence-corrected chi connectivity index (χ4v) is 4.61. The van der Waals surface area contributed by atoms with Gasteiger partial charge in [-0.15, -0.1) is 0 Å². The predicted octanol–water partition coefficient (Wildman–Crippen LogP) is 4.28. The predicted molar refractivity (Wildman–Crippen MR) is 117 cm³/mol. The van der Waals surface area contributed by atoms with E-state index in [9.17, 15) is 9.59 Å². The Morgan fingerprint density at radius 2 is 1.93 bits per heavy atom. The molecule has 7 heteroatoms. The molecule has 4 rings (SSSR count). The van der Waals surface area contributed by atoms with Gasteiger partial charge in [0.15, 0.2) is 5.75 Å². The first-order valence-corrected chi connectivity index (χ1v) is 10.2. The zero-order valence-corrected chi connectivity index (χ0v) is 17.6. The fourth-order valence-electron chi connectivity index (χ4n) is 3.93. The van der Waals surface area contributed by atoms with Gasteiger partial charge in [-0.05, 0) is 60.7 Å². The van der Waals surface area contributed by atoms with Crippen molar-refractivity contribution in [3.63, 3.8) is 0 Å². The van der Waals surface area contributed by atoms with Crippen molar-refractivity contribution in [2.24, 2.45) is 0 Å². The molecule has 0 aromatic heterocycles. The van der Waals surface area contributed by atoms with Crippen LogP contribution in [-0.2, 0) is 6.42 Å². The Morgan fingerprint density at radius 1 is 1.14 bits per heavy atom. The molecule has 5 nitrogen and oxygen atoms in total. The van der Waals surface area contributed by atoms with Crippen molar-refractivity contribution in [3.05, 3.63) is 83.1 Å². The molecule has 1 heterocycles. The van der Waals surface area contributed by atoms with Crippen molar-refractivity contribution < 1.29 is 4.74 Å². The van der Waals surface area contributed by atoms with Gasteiger partial charge in [-0.25, -0.2) is 0 Å². The van der Waals surface area contributed by atoms with Gasteiger partial charge in [0.1, 0.15) is 5.69 Å². The standard InChI is InChI=1S/C22H20Cl2N2O3/c1-3-29-22-19(20(27)21(22)28)26-13-9-11(2)16(15(24)10-13)18-17-12(7-8-25-18)5-4-6-14(17)23/h4-6,9-10,18,25-26H,3,7-8H2,1-2H3. The van der Waals surface area contributed by atoms with E-state index in [2.05, 4.69) is 16.7 Å². The molecule has 3 aromatic carbocycles. The van der Waals surface area contributed by atoms with Crippen LogP contribution in [0.1, 0.15) is 35.2 Å². The van der Waals surface area contributed by atoms with Gasteiger partial charge in [0.25, 0.3) is 10.9 Å². The van der Waals surface area contributed by atoms with Crippen molar-refractivity contribution >= 4 is 34.6 Å². The molecule has 1 unspecified atom stereocenters. The second-order valence-corrected chi connectivity index (χ2v) is 7.87. The minimum absolute atomic E-state index is 0.0741. The summed E-state index contributed by atoms with van der Waals surface area (Å²) in [6.45, 7) is 4.86. The molecule has 0 saturated carbocycles. The molecule has 3 aromatic rings. The van der Waals surface area contributed by atoms with E-state index < -0.39 is 10.9 Å². The van der Waals surface area contributed by atoms with Gasteiger partial charge in [0, 0.05) is 22.3 Å². The molecule has 0 spiro atoms. The second kappa shape index (κ2) is 7.82. The summed E-state index contributed by atoms with van der Waals surface area (Å²) in [5, 5.41) is 7.77. The lowest BCUT2D eigenvalue weighted by Crippen LogP contribution is -2.35. The number of anilines is 2. The molecular formula is C22H20Cl2N2O3. The number of ether oxygens (including phenoxy) is 1. The minimum atomic E-state index is -0.605. The van der Waals surface area contributed by atoms with E-state index in [0.29, 0.717) is 22.3 Å². The Balaban J connectivity index is 1.71. The van der Waals surface area contributed by atoms with E-state index in [1.807, 2.05) is 25.1 Å². The van der Waals surface area contributed by atoms with Crippen LogP contribution in [0.25, 0.3) is 0 Å². The first kappa shape index (κ1) is 20.0. The lowest BCUT2D eigenvalue weighted by Gasteiger charge is -2.30. The summed E-state index contributed by atoms with van der Waals surface area (Å²) in [4.78, 5) is 23.6. The maximum Gasteiger partial charge on any atom is 0.272 e. The van der Waals surface area contributed by atoms with E-state index in [0.717, 1.165) is 29.7 Å². The third-order valence-corrected chi connectivity index (χ3v) is 5.87. The summed E-state index contributed by atoms with van der Waals surface area (Å²) in [5.74, 6) is 0.0741. The van der Waals surface area contributed by atoms with Gasteiger partial charge in [-0.3, -0.25) is 9.59 Å². The van der Waals surface area contributed by atoms with Crippen LogP contribution in [0.3, 0.4) is 0 Å². The van der Waals surface area contributed by atoms with Crippen LogP contribution in [0.5, 0.6) is 5.75 Å². The molecule has 2 N–H and O–H groups in total. The van der Waals surface area contributed by atoms with Gasteiger partial charge >= 0.3 is 0 Å². The smallest absolute Gasteiger partial charge is 0.272 e. The number of fused-ring (bicyclic) bond motifs is 1. The number of halogens is 2. The highest BCUT2D eigenvalue weighted by molar-refractivity contribution is 6.32. The summed E-state index contributed by atoms with van der Waals surface area (Å²) in [7, 11) is 0. The number of hydrogen-bond acceptors (Lipinski definition) is 5. The first-order chi connectivity index (χ1) is 13.9. The van der Waals surface area contributed by atoms with Crippen LogP contribution in [0, 0.1) is 6.92 Å². The summed E-state index contributed by atoms with van der Waals surface area (Å²) in [5.41, 5.74) is 3.76. The monoisotopic (exact) mass is 430 g/mol. The third kappa shape index (κ3) is 3.44. The maximum absolute atomic E-state index is 11.9. The molecule has 1 aliphatic rings. The highest BCUT2D eigenvalue weighted by Gasteiger charge is 2.28. The highest BCUT2D eigenvalue weighted by atomic mass is 35.5. The topological polar surface area (TPSA) is 67.4 Å². The lowest BCUT2D eigenvalue weighted by atomic mass is 9.87. The second-order valence-electron chi connectivity index (χ2n) is 7.06. The molecule has 0 fully saturated rings.